The van der Waals surface area contributed by atoms with E-state index >= 15 is 0 Å². The number of nitrogens with one attached hydrogen (secondary N) is 1. The molecule has 0 aliphatic heterocycles. The van der Waals surface area contributed by atoms with Gasteiger partial charge < -0.3 is 24.4 Å². The Morgan fingerprint density at radius 2 is 1.84 bits per heavy atom. The van der Waals surface area contributed by atoms with Crippen molar-refractivity contribution in [2.24, 2.45) is 0 Å². The zero-order chi connectivity index (χ0) is 23.8. The SMILES string of the molecule is COC(=O)C(Cl)C1(N(CCCOCc2ccccc2)C(=O)CNC(=O)OC(C)(C)C)CC1. The molecule has 0 saturated heterocycles. The van der Waals surface area contributed by atoms with Gasteiger partial charge in [-0.25, -0.2) is 4.79 Å². The Hall–Kier alpha value is -2.32. The number of amides is 2. The van der Waals surface area contributed by atoms with Gasteiger partial charge >= 0.3 is 12.1 Å². The molecule has 2 rings (SSSR count). The van der Waals surface area contributed by atoms with E-state index in [1.807, 2.05) is 30.3 Å². The molecule has 0 radical (unpaired) electrons. The van der Waals surface area contributed by atoms with Gasteiger partial charge in [0, 0.05) is 13.2 Å². The highest BCUT2D eigenvalue weighted by atomic mass is 35.5. The summed E-state index contributed by atoms with van der Waals surface area (Å²) in [7, 11) is 1.27. The van der Waals surface area contributed by atoms with Crippen molar-refractivity contribution < 1.29 is 28.6 Å². The van der Waals surface area contributed by atoms with Crippen LogP contribution in [0, 0.1) is 0 Å². The van der Waals surface area contributed by atoms with Crippen LogP contribution in [0.3, 0.4) is 0 Å². The van der Waals surface area contributed by atoms with Crippen LogP contribution in [-0.2, 0) is 30.4 Å². The third-order valence-corrected chi connectivity index (χ3v) is 5.63. The van der Waals surface area contributed by atoms with Gasteiger partial charge in [-0.3, -0.25) is 9.59 Å². The fraction of sp³-hybridized carbons (Fsp3) is 0.609. The van der Waals surface area contributed by atoms with Gasteiger partial charge in [-0.15, -0.1) is 11.6 Å². The van der Waals surface area contributed by atoms with Crippen molar-refractivity contribution in [3.63, 3.8) is 0 Å². The minimum Gasteiger partial charge on any atom is -0.468 e. The van der Waals surface area contributed by atoms with Crippen LogP contribution in [0.5, 0.6) is 0 Å². The van der Waals surface area contributed by atoms with E-state index in [9.17, 15) is 14.4 Å². The molecule has 1 atom stereocenters. The van der Waals surface area contributed by atoms with Crippen LogP contribution in [0.25, 0.3) is 0 Å². The molecule has 1 saturated carbocycles. The predicted molar refractivity (Wildman–Crippen MR) is 120 cm³/mol. The summed E-state index contributed by atoms with van der Waals surface area (Å²) in [5, 5.41) is 1.50. The van der Waals surface area contributed by atoms with E-state index in [0.717, 1.165) is 5.56 Å². The lowest BCUT2D eigenvalue weighted by molar-refractivity contribution is -0.144. The summed E-state index contributed by atoms with van der Waals surface area (Å²) in [6.45, 7) is 6.20. The molecule has 9 heteroatoms. The molecule has 0 bridgehead atoms. The highest BCUT2D eigenvalue weighted by molar-refractivity contribution is 6.31. The quantitative estimate of drug-likeness (QED) is 0.304. The number of halogens is 1. The maximum Gasteiger partial charge on any atom is 0.408 e. The highest BCUT2D eigenvalue weighted by Gasteiger charge is 2.58. The fourth-order valence-corrected chi connectivity index (χ4v) is 3.78. The van der Waals surface area contributed by atoms with Crippen molar-refractivity contribution in [3.8, 4) is 0 Å². The number of benzene rings is 1. The molecule has 1 fully saturated rings. The third kappa shape index (κ3) is 7.67. The summed E-state index contributed by atoms with van der Waals surface area (Å²) in [5.74, 6) is -0.923. The first-order valence-electron chi connectivity index (χ1n) is 10.7. The van der Waals surface area contributed by atoms with E-state index in [4.69, 9.17) is 25.8 Å². The van der Waals surface area contributed by atoms with Crippen LogP contribution >= 0.6 is 11.6 Å². The van der Waals surface area contributed by atoms with Gasteiger partial charge in [0.1, 0.15) is 12.1 Å². The van der Waals surface area contributed by atoms with Gasteiger partial charge in [0.05, 0.1) is 19.3 Å². The van der Waals surface area contributed by atoms with E-state index in [-0.39, 0.29) is 12.5 Å². The lowest BCUT2D eigenvalue weighted by Crippen LogP contribution is -2.53. The molecule has 0 spiro atoms. The zero-order valence-electron chi connectivity index (χ0n) is 19.2. The monoisotopic (exact) mass is 468 g/mol. The Kier molecular flexibility index (Phi) is 9.33. The number of ether oxygens (including phenoxy) is 3. The van der Waals surface area contributed by atoms with E-state index in [1.54, 1.807) is 25.7 Å². The lowest BCUT2D eigenvalue weighted by Gasteiger charge is -2.34. The molecule has 8 nitrogen and oxygen atoms in total. The number of esters is 1. The standard InChI is InChI=1S/C23H33ClN2O6/c1-22(2,3)32-21(29)25-15-18(27)26(23(11-12-23)19(24)20(28)30-4)13-8-14-31-16-17-9-6-5-7-10-17/h5-7,9-10,19H,8,11-16H2,1-4H3,(H,25,29). The number of alkyl halides is 1. The van der Waals surface area contributed by atoms with Gasteiger partial charge in [0.2, 0.25) is 5.91 Å². The van der Waals surface area contributed by atoms with Gasteiger partial charge in [-0.1, -0.05) is 30.3 Å². The average molecular weight is 469 g/mol. The molecule has 1 aromatic rings. The number of nitrogens with zero attached hydrogens (tertiary/aromatic N) is 1. The van der Waals surface area contributed by atoms with E-state index < -0.39 is 28.6 Å². The number of hydrogen-bond acceptors (Lipinski definition) is 6. The van der Waals surface area contributed by atoms with E-state index in [0.29, 0.717) is 39.0 Å². The first kappa shape index (κ1) is 25.9. The summed E-state index contributed by atoms with van der Waals surface area (Å²) in [5.41, 5.74) is -0.430. The second kappa shape index (κ2) is 11.5. The Labute approximate surface area is 194 Å². The Balaban J connectivity index is 1.96. The number of alkyl carbamates (subject to hydrolysis) is 1. The molecule has 0 heterocycles. The van der Waals surface area contributed by atoms with Crippen molar-refractivity contribution in [3.05, 3.63) is 35.9 Å². The van der Waals surface area contributed by atoms with Gasteiger partial charge in [0.15, 0.2) is 5.38 Å². The fourth-order valence-electron chi connectivity index (χ4n) is 3.35. The summed E-state index contributed by atoms with van der Waals surface area (Å²) >= 11 is 6.38. The third-order valence-electron chi connectivity index (χ3n) is 5.05. The summed E-state index contributed by atoms with van der Waals surface area (Å²) < 4.78 is 15.7. The van der Waals surface area contributed by atoms with Crippen molar-refractivity contribution in [1.29, 1.82) is 0 Å². The smallest absolute Gasteiger partial charge is 0.408 e. The Morgan fingerprint density at radius 1 is 1.19 bits per heavy atom. The van der Waals surface area contributed by atoms with Crippen LogP contribution < -0.4 is 5.32 Å². The predicted octanol–water partition coefficient (Wildman–Crippen LogP) is 3.26. The minimum atomic E-state index is -0.983. The number of carbonyl (C=O) groups excluding carboxylic acids is 3. The Bertz CT molecular complexity index is 776. The lowest BCUT2D eigenvalue weighted by atomic mass is 10.1. The van der Waals surface area contributed by atoms with Crippen molar-refractivity contribution in [1.82, 2.24) is 10.2 Å². The van der Waals surface area contributed by atoms with Crippen LogP contribution in [0.1, 0.15) is 45.6 Å². The molecule has 32 heavy (non-hydrogen) atoms. The molecule has 1 unspecified atom stereocenters. The van der Waals surface area contributed by atoms with E-state index in [1.165, 1.54) is 7.11 Å². The van der Waals surface area contributed by atoms with Gasteiger partial charge in [-0.2, -0.15) is 0 Å². The molecule has 1 aliphatic rings. The van der Waals surface area contributed by atoms with E-state index in [2.05, 4.69) is 5.32 Å². The van der Waals surface area contributed by atoms with Crippen LogP contribution in [-0.4, -0.2) is 66.2 Å². The molecule has 2 amide bonds. The average Bonchev–Trinajstić information content (AvgIpc) is 3.54. The molecule has 0 aromatic heterocycles. The first-order valence-corrected chi connectivity index (χ1v) is 11.1. The Morgan fingerprint density at radius 3 is 2.41 bits per heavy atom. The maximum atomic E-state index is 13.0. The zero-order valence-corrected chi connectivity index (χ0v) is 19.9. The minimum absolute atomic E-state index is 0.258. The van der Waals surface area contributed by atoms with Crippen LogP contribution in [0.15, 0.2) is 30.3 Å². The van der Waals surface area contributed by atoms with Crippen molar-refractivity contribution in [2.45, 2.75) is 63.2 Å². The van der Waals surface area contributed by atoms with Crippen molar-refractivity contribution >= 4 is 29.6 Å². The summed E-state index contributed by atoms with van der Waals surface area (Å²) in [4.78, 5) is 38.6. The largest absolute Gasteiger partial charge is 0.468 e. The maximum absolute atomic E-state index is 13.0. The molecule has 1 aliphatic carbocycles. The topological polar surface area (TPSA) is 94.2 Å². The molecule has 178 valence electrons. The van der Waals surface area contributed by atoms with Gasteiger partial charge in [0.25, 0.3) is 0 Å². The highest BCUT2D eigenvalue weighted by Crippen LogP contribution is 2.47. The second-order valence-electron chi connectivity index (χ2n) is 8.78. The van der Waals surface area contributed by atoms with Crippen molar-refractivity contribution in [2.75, 3.05) is 26.8 Å². The molecular weight excluding hydrogens is 436 g/mol. The molecular formula is C23H33ClN2O6. The number of carbonyl (C=O) groups is 3. The molecule has 1 N–H and O–H groups in total. The van der Waals surface area contributed by atoms with Crippen LogP contribution in [0.2, 0.25) is 0 Å². The summed E-state index contributed by atoms with van der Waals surface area (Å²) in [6, 6.07) is 9.79. The second-order valence-corrected chi connectivity index (χ2v) is 9.22. The molecule has 1 aromatic carbocycles. The first-order chi connectivity index (χ1) is 15.1. The summed E-state index contributed by atoms with van der Waals surface area (Å²) in [6.07, 6.45) is 1.04. The number of methoxy groups -OCH3 is 1. The normalized spacial score (nSPS) is 15.4. The number of rotatable bonds is 11. The van der Waals surface area contributed by atoms with Gasteiger partial charge in [-0.05, 0) is 45.6 Å². The van der Waals surface area contributed by atoms with Crippen LogP contribution in [0.4, 0.5) is 4.79 Å². The number of hydrogen-bond donors (Lipinski definition) is 1.